The van der Waals surface area contributed by atoms with Gasteiger partial charge in [-0.25, -0.2) is 0 Å². The quantitative estimate of drug-likeness (QED) is 0.839. The summed E-state index contributed by atoms with van der Waals surface area (Å²) in [5, 5.41) is 11.1. The van der Waals surface area contributed by atoms with Gasteiger partial charge in [0.1, 0.15) is 5.60 Å². The molecule has 2 aromatic carbocycles. The number of halogens is 1. The Hall–Kier alpha value is -1.31. The average Bonchev–Trinajstić information content (AvgIpc) is 2.30. The minimum atomic E-state index is -1.06. The van der Waals surface area contributed by atoms with E-state index < -0.39 is 5.60 Å². The fourth-order valence-corrected chi connectivity index (χ4v) is 2.09. The summed E-state index contributed by atoms with van der Waals surface area (Å²) in [5.41, 5.74) is 0.505. The Labute approximate surface area is 100 Å². The van der Waals surface area contributed by atoms with Crippen molar-refractivity contribution in [3.8, 4) is 0 Å². The van der Waals surface area contributed by atoms with E-state index in [0.29, 0.717) is 5.02 Å². The molecule has 0 aliphatic rings. The molecule has 16 heavy (non-hydrogen) atoms. The van der Waals surface area contributed by atoms with E-state index in [1.165, 1.54) is 0 Å². The van der Waals surface area contributed by atoms with Gasteiger partial charge in [0.2, 0.25) is 0 Å². The summed E-state index contributed by atoms with van der Waals surface area (Å²) in [5.74, 6) is 0. The van der Waals surface area contributed by atoms with Crippen LogP contribution in [0.5, 0.6) is 0 Å². The first-order valence-electron chi connectivity index (χ1n) is 5.15. The minimum absolute atomic E-state index is 0.580. The van der Waals surface area contributed by atoms with Crippen LogP contribution < -0.4 is 0 Å². The lowest BCUT2D eigenvalue weighted by Gasteiger charge is -2.25. The Kier molecular flexibility index (Phi) is 2.99. The Morgan fingerprint density at radius 3 is 2.12 bits per heavy atom. The number of aliphatic hydroxyl groups is 1. The molecule has 2 rings (SSSR count). The Morgan fingerprint density at radius 2 is 1.50 bits per heavy atom. The van der Waals surface area contributed by atoms with Crippen molar-refractivity contribution in [2.75, 3.05) is 0 Å². The average molecular weight is 233 g/mol. The van der Waals surface area contributed by atoms with E-state index in [0.717, 1.165) is 11.1 Å². The van der Waals surface area contributed by atoms with Crippen LogP contribution in [0.25, 0.3) is 0 Å². The van der Waals surface area contributed by atoms with E-state index in [-0.39, 0.29) is 0 Å². The van der Waals surface area contributed by atoms with Gasteiger partial charge in [0.15, 0.2) is 0 Å². The number of benzene rings is 2. The number of rotatable bonds is 2. The van der Waals surface area contributed by atoms with Crippen LogP contribution in [-0.2, 0) is 5.60 Å². The second-order valence-corrected chi connectivity index (χ2v) is 4.33. The highest BCUT2D eigenvalue weighted by Gasteiger charge is 2.27. The van der Waals surface area contributed by atoms with Crippen molar-refractivity contribution in [2.24, 2.45) is 0 Å². The molecule has 0 saturated carbocycles. The van der Waals surface area contributed by atoms with Gasteiger partial charge >= 0.3 is 0 Å². The van der Waals surface area contributed by atoms with Gasteiger partial charge in [-0.15, -0.1) is 0 Å². The smallest absolute Gasteiger partial charge is 0.113 e. The first kappa shape index (κ1) is 11.2. The monoisotopic (exact) mass is 232 g/mol. The lowest BCUT2D eigenvalue weighted by atomic mass is 9.88. The Bertz CT molecular complexity index is 477. The summed E-state index contributed by atoms with van der Waals surface area (Å²) < 4.78 is 0. The zero-order chi connectivity index (χ0) is 11.6. The normalized spacial score (nSPS) is 14.4. The zero-order valence-electron chi connectivity index (χ0n) is 9.02. The summed E-state index contributed by atoms with van der Waals surface area (Å²) >= 11 is 6.10. The van der Waals surface area contributed by atoms with Crippen molar-refractivity contribution >= 4 is 11.6 Å². The molecule has 82 valence electrons. The van der Waals surface area contributed by atoms with Gasteiger partial charge in [-0.05, 0) is 18.6 Å². The highest BCUT2D eigenvalue weighted by molar-refractivity contribution is 6.31. The summed E-state index contributed by atoms with van der Waals surface area (Å²) in [6.07, 6.45) is 0. The number of hydrogen-bond donors (Lipinski definition) is 1. The minimum Gasteiger partial charge on any atom is -0.381 e. The Balaban J connectivity index is 2.51. The lowest BCUT2D eigenvalue weighted by molar-refractivity contribution is 0.102. The molecular formula is C14H13ClO. The van der Waals surface area contributed by atoms with Crippen LogP contribution in [0.3, 0.4) is 0 Å². The van der Waals surface area contributed by atoms with Gasteiger partial charge in [-0.3, -0.25) is 0 Å². The molecule has 0 aromatic heterocycles. The third-order valence-corrected chi connectivity index (χ3v) is 3.06. The van der Waals surface area contributed by atoms with E-state index >= 15 is 0 Å². The summed E-state index contributed by atoms with van der Waals surface area (Å²) in [4.78, 5) is 0. The van der Waals surface area contributed by atoms with Gasteiger partial charge in [-0.1, -0.05) is 60.1 Å². The SMILES string of the molecule is C[C@](O)(c1ccccc1)c1ccccc1Cl. The molecule has 0 fully saturated rings. The fourth-order valence-electron chi connectivity index (χ4n) is 1.77. The lowest BCUT2D eigenvalue weighted by Crippen LogP contribution is -2.23. The fraction of sp³-hybridized carbons (Fsp3) is 0.143. The molecule has 0 unspecified atom stereocenters. The van der Waals surface area contributed by atoms with Gasteiger partial charge in [0.25, 0.3) is 0 Å². The van der Waals surface area contributed by atoms with Gasteiger partial charge in [-0.2, -0.15) is 0 Å². The van der Waals surface area contributed by atoms with Crippen molar-refractivity contribution in [2.45, 2.75) is 12.5 Å². The van der Waals surface area contributed by atoms with Crippen molar-refractivity contribution in [1.82, 2.24) is 0 Å². The van der Waals surface area contributed by atoms with Crippen LogP contribution in [0.1, 0.15) is 18.1 Å². The van der Waals surface area contributed by atoms with Crippen molar-refractivity contribution < 1.29 is 5.11 Å². The maximum absolute atomic E-state index is 10.6. The molecule has 1 N–H and O–H groups in total. The van der Waals surface area contributed by atoms with Crippen molar-refractivity contribution in [1.29, 1.82) is 0 Å². The molecule has 0 aliphatic heterocycles. The maximum atomic E-state index is 10.6. The van der Waals surface area contributed by atoms with Crippen LogP contribution in [0, 0.1) is 0 Å². The summed E-state index contributed by atoms with van der Waals surface area (Å²) in [7, 11) is 0. The molecule has 0 saturated heterocycles. The highest BCUT2D eigenvalue weighted by Crippen LogP contribution is 2.33. The molecular weight excluding hydrogens is 220 g/mol. The Morgan fingerprint density at radius 1 is 0.938 bits per heavy atom. The third kappa shape index (κ3) is 1.97. The predicted octanol–water partition coefficient (Wildman–Crippen LogP) is 3.60. The third-order valence-electron chi connectivity index (χ3n) is 2.73. The zero-order valence-corrected chi connectivity index (χ0v) is 9.78. The molecule has 0 bridgehead atoms. The van der Waals surface area contributed by atoms with E-state index in [9.17, 15) is 5.11 Å². The predicted molar refractivity (Wildman–Crippen MR) is 66.6 cm³/mol. The van der Waals surface area contributed by atoms with E-state index in [1.807, 2.05) is 48.5 Å². The van der Waals surface area contributed by atoms with E-state index in [4.69, 9.17) is 11.6 Å². The first-order valence-corrected chi connectivity index (χ1v) is 5.53. The van der Waals surface area contributed by atoms with Crippen LogP contribution in [0.15, 0.2) is 54.6 Å². The summed E-state index contributed by atoms with van der Waals surface area (Å²) in [6, 6.07) is 16.9. The first-order chi connectivity index (χ1) is 7.62. The number of hydrogen-bond acceptors (Lipinski definition) is 1. The molecule has 0 aliphatic carbocycles. The van der Waals surface area contributed by atoms with Gasteiger partial charge < -0.3 is 5.11 Å². The van der Waals surface area contributed by atoms with Gasteiger partial charge in [0.05, 0.1) is 0 Å². The molecule has 0 spiro atoms. The molecule has 2 aromatic rings. The van der Waals surface area contributed by atoms with E-state index in [1.54, 1.807) is 13.0 Å². The van der Waals surface area contributed by atoms with Crippen molar-refractivity contribution in [3.63, 3.8) is 0 Å². The standard InChI is InChI=1S/C14H13ClO/c1-14(16,11-7-3-2-4-8-11)12-9-5-6-10-13(12)15/h2-10,16H,1H3/t14-/m0/s1. The van der Waals surface area contributed by atoms with Crippen LogP contribution >= 0.6 is 11.6 Å². The molecule has 1 atom stereocenters. The maximum Gasteiger partial charge on any atom is 0.113 e. The molecule has 1 nitrogen and oxygen atoms in total. The molecule has 0 heterocycles. The topological polar surface area (TPSA) is 20.2 Å². The highest BCUT2D eigenvalue weighted by atomic mass is 35.5. The largest absolute Gasteiger partial charge is 0.381 e. The van der Waals surface area contributed by atoms with E-state index in [2.05, 4.69) is 0 Å². The second kappa shape index (κ2) is 4.28. The van der Waals surface area contributed by atoms with Gasteiger partial charge in [0, 0.05) is 10.6 Å². The molecule has 0 amide bonds. The van der Waals surface area contributed by atoms with Crippen LogP contribution in [0.4, 0.5) is 0 Å². The molecule has 0 radical (unpaired) electrons. The second-order valence-electron chi connectivity index (χ2n) is 3.92. The van der Waals surface area contributed by atoms with Crippen molar-refractivity contribution in [3.05, 3.63) is 70.7 Å². The van der Waals surface area contributed by atoms with Crippen LogP contribution in [-0.4, -0.2) is 5.11 Å². The molecule has 2 heteroatoms. The summed E-state index contributed by atoms with van der Waals surface area (Å²) in [6.45, 7) is 1.75. The van der Waals surface area contributed by atoms with Crippen LogP contribution in [0.2, 0.25) is 5.02 Å².